The van der Waals surface area contributed by atoms with Crippen molar-refractivity contribution in [1.29, 1.82) is 0 Å². The summed E-state index contributed by atoms with van der Waals surface area (Å²) in [6.07, 6.45) is 6.65. The Kier molecular flexibility index (Phi) is 4.67. The minimum Gasteiger partial charge on any atom is -0.494 e. The third-order valence-corrected chi connectivity index (χ3v) is 3.88. The molecule has 2 aromatic heterocycles. The number of ether oxygens (including phenoxy) is 1. The molecule has 5 nitrogen and oxygen atoms in total. The molecule has 0 fully saturated rings. The van der Waals surface area contributed by atoms with Crippen molar-refractivity contribution < 1.29 is 4.74 Å². The SMILES string of the molecule is Cc1nn(C)cc1-c1cncn1CCCOc1ccc(Cl)cc1. The largest absolute Gasteiger partial charge is 0.494 e. The normalized spacial score (nSPS) is 10.9. The summed E-state index contributed by atoms with van der Waals surface area (Å²) in [5.41, 5.74) is 3.21. The lowest BCUT2D eigenvalue weighted by Crippen LogP contribution is -2.05. The maximum absolute atomic E-state index is 5.86. The Morgan fingerprint density at radius 1 is 1.22 bits per heavy atom. The summed E-state index contributed by atoms with van der Waals surface area (Å²) in [4.78, 5) is 4.27. The lowest BCUT2D eigenvalue weighted by atomic mass is 10.2. The summed E-state index contributed by atoms with van der Waals surface area (Å²) in [6, 6.07) is 7.42. The number of hydrogen-bond donors (Lipinski definition) is 0. The van der Waals surface area contributed by atoms with Gasteiger partial charge in [0.25, 0.3) is 0 Å². The van der Waals surface area contributed by atoms with Crippen molar-refractivity contribution in [3.8, 4) is 17.0 Å². The van der Waals surface area contributed by atoms with E-state index in [1.54, 1.807) is 0 Å². The summed E-state index contributed by atoms with van der Waals surface area (Å²) in [6.45, 7) is 3.50. The molecule has 0 amide bonds. The first-order valence-electron chi connectivity index (χ1n) is 7.52. The van der Waals surface area contributed by atoms with Crippen molar-refractivity contribution in [2.45, 2.75) is 19.9 Å². The number of rotatable bonds is 6. The van der Waals surface area contributed by atoms with E-state index in [0.29, 0.717) is 11.6 Å². The summed E-state index contributed by atoms with van der Waals surface area (Å²) in [5.74, 6) is 0.836. The second-order valence-electron chi connectivity index (χ2n) is 5.43. The molecule has 3 aromatic rings. The maximum Gasteiger partial charge on any atom is 0.119 e. The predicted molar refractivity (Wildman–Crippen MR) is 90.7 cm³/mol. The smallest absolute Gasteiger partial charge is 0.119 e. The number of halogens is 1. The van der Waals surface area contributed by atoms with Gasteiger partial charge in [-0.15, -0.1) is 0 Å². The molecule has 0 N–H and O–H groups in total. The molecule has 0 aliphatic rings. The molecule has 120 valence electrons. The van der Waals surface area contributed by atoms with Gasteiger partial charge in [-0.25, -0.2) is 4.98 Å². The van der Waals surface area contributed by atoms with Gasteiger partial charge in [-0.05, 0) is 37.6 Å². The van der Waals surface area contributed by atoms with E-state index in [9.17, 15) is 0 Å². The van der Waals surface area contributed by atoms with Crippen LogP contribution in [0.2, 0.25) is 5.02 Å². The minimum absolute atomic E-state index is 0.644. The molecule has 0 aliphatic heterocycles. The first kappa shape index (κ1) is 15.6. The summed E-state index contributed by atoms with van der Waals surface area (Å²) in [7, 11) is 1.93. The van der Waals surface area contributed by atoms with Gasteiger partial charge in [-0.2, -0.15) is 5.10 Å². The maximum atomic E-state index is 5.86. The van der Waals surface area contributed by atoms with Gasteiger partial charge >= 0.3 is 0 Å². The molecule has 0 spiro atoms. The highest BCUT2D eigenvalue weighted by Gasteiger charge is 2.10. The van der Waals surface area contributed by atoms with Crippen LogP contribution in [0.15, 0.2) is 43.0 Å². The Balaban J connectivity index is 1.58. The molecule has 0 aliphatic carbocycles. The summed E-state index contributed by atoms with van der Waals surface area (Å²) < 4.78 is 9.68. The molecule has 1 aromatic carbocycles. The lowest BCUT2D eigenvalue weighted by Gasteiger charge is -2.09. The molecule has 0 unspecified atom stereocenters. The van der Waals surface area contributed by atoms with Crippen molar-refractivity contribution >= 4 is 11.6 Å². The number of benzene rings is 1. The number of aryl methyl sites for hydroxylation is 3. The number of aromatic nitrogens is 4. The van der Waals surface area contributed by atoms with Crippen molar-refractivity contribution in [2.24, 2.45) is 7.05 Å². The fourth-order valence-corrected chi connectivity index (χ4v) is 2.66. The molecule has 3 rings (SSSR count). The van der Waals surface area contributed by atoms with Crippen LogP contribution < -0.4 is 4.74 Å². The predicted octanol–water partition coefficient (Wildman–Crippen LogP) is 3.71. The standard InChI is InChI=1S/C17H19ClN4O/c1-13-16(11-21(2)20-13)17-10-19-12-22(17)8-3-9-23-15-6-4-14(18)5-7-15/h4-7,10-12H,3,8-9H2,1-2H3. The number of imidazole rings is 1. The average molecular weight is 331 g/mol. The molecule has 0 radical (unpaired) electrons. The van der Waals surface area contributed by atoms with E-state index < -0.39 is 0 Å². The van der Waals surface area contributed by atoms with Gasteiger partial charge in [-0.3, -0.25) is 4.68 Å². The summed E-state index contributed by atoms with van der Waals surface area (Å²) in [5, 5.41) is 5.11. The van der Waals surface area contributed by atoms with E-state index in [2.05, 4.69) is 14.6 Å². The van der Waals surface area contributed by atoms with Gasteiger partial charge in [-0.1, -0.05) is 11.6 Å². The molecule has 2 heterocycles. The van der Waals surface area contributed by atoms with Crippen LogP contribution in [-0.4, -0.2) is 25.9 Å². The minimum atomic E-state index is 0.644. The van der Waals surface area contributed by atoms with Crippen LogP contribution in [0.3, 0.4) is 0 Å². The topological polar surface area (TPSA) is 44.9 Å². The Hall–Kier alpha value is -2.27. The zero-order valence-electron chi connectivity index (χ0n) is 13.2. The Morgan fingerprint density at radius 2 is 2.00 bits per heavy atom. The molecular formula is C17H19ClN4O. The van der Waals surface area contributed by atoms with Crippen LogP contribution in [0.25, 0.3) is 11.3 Å². The molecule has 0 saturated carbocycles. The quantitative estimate of drug-likeness (QED) is 0.647. The van der Waals surface area contributed by atoms with Crippen molar-refractivity contribution in [3.05, 3.63) is 53.7 Å². The third kappa shape index (κ3) is 3.74. The Morgan fingerprint density at radius 3 is 2.70 bits per heavy atom. The van der Waals surface area contributed by atoms with Gasteiger partial charge in [0.15, 0.2) is 0 Å². The Bertz CT molecular complexity index is 776. The van der Waals surface area contributed by atoms with E-state index in [4.69, 9.17) is 16.3 Å². The zero-order valence-corrected chi connectivity index (χ0v) is 14.0. The first-order valence-corrected chi connectivity index (χ1v) is 7.90. The second-order valence-corrected chi connectivity index (χ2v) is 5.87. The fourth-order valence-electron chi connectivity index (χ4n) is 2.53. The highest BCUT2D eigenvalue weighted by Crippen LogP contribution is 2.22. The van der Waals surface area contributed by atoms with Crippen LogP contribution >= 0.6 is 11.6 Å². The van der Waals surface area contributed by atoms with E-state index in [1.165, 1.54) is 0 Å². The van der Waals surface area contributed by atoms with Crippen molar-refractivity contribution in [2.75, 3.05) is 6.61 Å². The number of nitrogens with zero attached hydrogens (tertiary/aromatic N) is 4. The average Bonchev–Trinajstić information content (AvgIpc) is 3.11. The Labute approximate surface area is 140 Å². The van der Waals surface area contributed by atoms with Gasteiger partial charge in [0.05, 0.1) is 30.5 Å². The van der Waals surface area contributed by atoms with Gasteiger partial charge in [0, 0.05) is 30.4 Å². The van der Waals surface area contributed by atoms with Crippen LogP contribution in [0.1, 0.15) is 12.1 Å². The van der Waals surface area contributed by atoms with Crippen LogP contribution in [0.5, 0.6) is 5.75 Å². The van der Waals surface area contributed by atoms with Crippen LogP contribution in [-0.2, 0) is 13.6 Å². The van der Waals surface area contributed by atoms with E-state index in [-0.39, 0.29) is 0 Å². The number of hydrogen-bond acceptors (Lipinski definition) is 3. The van der Waals surface area contributed by atoms with Gasteiger partial charge in [0.1, 0.15) is 5.75 Å². The van der Waals surface area contributed by atoms with Gasteiger partial charge in [0.2, 0.25) is 0 Å². The van der Waals surface area contributed by atoms with E-state index in [0.717, 1.165) is 35.7 Å². The fraction of sp³-hybridized carbons (Fsp3) is 0.294. The first-order chi connectivity index (χ1) is 11.1. The molecule has 23 heavy (non-hydrogen) atoms. The van der Waals surface area contributed by atoms with Crippen molar-refractivity contribution in [3.63, 3.8) is 0 Å². The summed E-state index contributed by atoms with van der Waals surface area (Å²) >= 11 is 5.86. The van der Waals surface area contributed by atoms with E-state index >= 15 is 0 Å². The molecular weight excluding hydrogens is 312 g/mol. The van der Waals surface area contributed by atoms with Crippen LogP contribution in [0.4, 0.5) is 0 Å². The third-order valence-electron chi connectivity index (χ3n) is 3.63. The zero-order chi connectivity index (χ0) is 16.2. The molecule has 6 heteroatoms. The highest BCUT2D eigenvalue weighted by atomic mass is 35.5. The molecule has 0 saturated heterocycles. The van der Waals surface area contributed by atoms with Crippen LogP contribution in [0, 0.1) is 6.92 Å². The highest BCUT2D eigenvalue weighted by molar-refractivity contribution is 6.30. The second kappa shape index (κ2) is 6.87. The molecule has 0 atom stereocenters. The molecule has 0 bridgehead atoms. The van der Waals surface area contributed by atoms with Crippen molar-refractivity contribution in [1.82, 2.24) is 19.3 Å². The van der Waals surface area contributed by atoms with E-state index in [1.807, 2.05) is 61.6 Å². The lowest BCUT2D eigenvalue weighted by molar-refractivity contribution is 0.302. The monoisotopic (exact) mass is 330 g/mol. The van der Waals surface area contributed by atoms with Gasteiger partial charge < -0.3 is 9.30 Å².